The first kappa shape index (κ1) is 13.9. The van der Waals surface area contributed by atoms with Crippen LogP contribution in [0.3, 0.4) is 0 Å². The van der Waals surface area contributed by atoms with Crippen LogP contribution in [0.15, 0.2) is 54.7 Å². The molecule has 2 nitrogen and oxygen atoms in total. The number of aryl methyl sites for hydroxylation is 1. The van der Waals surface area contributed by atoms with E-state index in [1.165, 1.54) is 27.6 Å². The normalized spacial score (nSPS) is 12.7. The Morgan fingerprint density at radius 2 is 1.86 bits per heavy atom. The number of benzene rings is 2. The maximum Gasteiger partial charge on any atom is 0.0456 e. The molecule has 0 spiro atoms. The molecule has 0 bridgehead atoms. The molecule has 1 unspecified atom stereocenters. The van der Waals surface area contributed by atoms with E-state index >= 15 is 0 Å². The lowest BCUT2D eigenvalue weighted by Crippen LogP contribution is -2.13. The third-order valence-electron chi connectivity index (χ3n) is 4.20. The molecule has 0 saturated heterocycles. The van der Waals surface area contributed by atoms with Gasteiger partial charge in [0, 0.05) is 23.0 Å². The zero-order chi connectivity index (χ0) is 14.7. The lowest BCUT2D eigenvalue weighted by Gasteiger charge is -2.18. The van der Waals surface area contributed by atoms with Gasteiger partial charge in [0.05, 0.1) is 0 Å². The standard InChI is InChI=1S/C19H22N2/c1-14-13-21-19-9-8-16(12-18(14)19)17(10-11-20-2)15-6-4-3-5-7-15/h3-9,12-13,17,20-21H,10-11H2,1-2H3. The van der Waals surface area contributed by atoms with Crippen LogP contribution in [0.4, 0.5) is 0 Å². The Labute approximate surface area is 126 Å². The number of hydrogen-bond donors (Lipinski definition) is 2. The minimum absolute atomic E-state index is 0.442. The zero-order valence-electron chi connectivity index (χ0n) is 12.7. The molecule has 108 valence electrons. The first-order chi connectivity index (χ1) is 10.3. The van der Waals surface area contributed by atoms with E-state index in [2.05, 4.69) is 72.0 Å². The molecule has 3 rings (SSSR count). The van der Waals surface area contributed by atoms with Crippen molar-refractivity contribution in [2.45, 2.75) is 19.3 Å². The maximum atomic E-state index is 3.32. The Kier molecular flexibility index (Phi) is 4.07. The van der Waals surface area contributed by atoms with Gasteiger partial charge in [0.1, 0.15) is 0 Å². The topological polar surface area (TPSA) is 27.8 Å². The van der Waals surface area contributed by atoms with E-state index in [9.17, 15) is 0 Å². The Hall–Kier alpha value is -2.06. The molecule has 0 radical (unpaired) electrons. The second-order valence-electron chi connectivity index (χ2n) is 5.63. The summed E-state index contributed by atoms with van der Waals surface area (Å²) >= 11 is 0. The average molecular weight is 278 g/mol. The summed E-state index contributed by atoms with van der Waals surface area (Å²) in [5.41, 5.74) is 5.32. The second kappa shape index (κ2) is 6.15. The zero-order valence-corrected chi connectivity index (χ0v) is 12.7. The van der Waals surface area contributed by atoms with E-state index in [4.69, 9.17) is 0 Å². The first-order valence-corrected chi connectivity index (χ1v) is 7.57. The summed E-state index contributed by atoms with van der Waals surface area (Å²) in [4.78, 5) is 3.32. The molecule has 0 aliphatic carbocycles. The van der Waals surface area contributed by atoms with Gasteiger partial charge in [-0.15, -0.1) is 0 Å². The van der Waals surface area contributed by atoms with Gasteiger partial charge in [-0.05, 0) is 55.8 Å². The van der Waals surface area contributed by atoms with Crippen molar-refractivity contribution in [3.8, 4) is 0 Å². The summed E-state index contributed by atoms with van der Waals surface area (Å²) in [7, 11) is 2.02. The number of nitrogens with one attached hydrogen (secondary N) is 2. The molecule has 21 heavy (non-hydrogen) atoms. The third kappa shape index (κ3) is 2.86. The summed E-state index contributed by atoms with van der Waals surface area (Å²) in [5, 5.41) is 4.61. The van der Waals surface area contributed by atoms with E-state index in [0.29, 0.717) is 5.92 Å². The molecule has 0 aliphatic heterocycles. The van der Waals surface area contributed by atoms with Gasteiger partial charge in [-0.2, -0.15) is 0 Å². The molecule has 0 fully saturated rings. The molecule has 0 amide bonds. The van der Waals surface area contributed by atoms with Crippen LogP contribution < -0.4 is 5.32 Å². The highest BCUT2D eigenvalue weighted by atomic mass is 14.8. The number of hydrogen-bond acceptors (Lipinski definition) is 1. The van der Waals surface area contributed by atoms with Gasteiger partial charge in [-0.25, -0.2) is 0 Å². The number of rotatable bonds is 5. The van der Waals surface area contributed by atoms with E-state index in [-0.39, 0.29) is 0 Å². The van der Waals surface area contributed by atoms with Gasteiger partial charge in [-0.3, -0.25) is 0 Å². The molecule has 1 atom stereocenters. The van der Waals surface area contributed by atoms with Crippen molar-refractivity contribution < 1.29 is 0 Å². The van der Waals surface area contributed by atoms with Crippen LogP contribution in [-0.2, 0) is 0 Å². The van der Waals surface area contributed by atoms with Crippen LogP contribution in [0, 0.1) is 6.92 Å². The summed E-state index contributed by atoms with van der Waals surface area (Å²) in [6, 6.07) is 17.6. The highest BCUT2D eigenvalue weighted by Gasteiger charge is 2.14. The van der Waals surface area contributed by atoms with Gasteiger partial charge in [-0.1, -0.05) is 36.4 Å². The van der Waals surface area contributed by atoms with Crippen molar-refractivity contribution in [1.82, 2.24) is 10.3 Å². The molecular weight excluding hydrogens is 256 g/mol. The first-order valence-electron chi connectivity index (χ1n) is 7.57. The molecule has 0 saturated carbocycles. The van der Waals surface area contributed by atoms with Crippen LogP contribution in [0.1, 0.15) is 29.0 Å². The van der Waals surface area contributed by atoms with Crippen LogP contribution in [-0.4, -0.2) is 18.6 Å². The summed E-state index contributed by atoms with van der Waals surface area (Å²) in [5.74, 6) is 0.442. The van der Waals surface area contributed by atoms with Crippen LogP contribution in [0.5, 0.6) is 0 Å². The molecule has 0 aliphatic rings. The monoisotopic (exact) mass is 278 g/mol. The molecule has 2 heteroatoms. The molecule has 3 aromatic rings. The highest BCUT2D eigenvalue weighted by Crippen LogP contribution is 2.30. The fourth-order valence-electron chi connectivity index (χ4n) is 2.99. The van der Waals surface area contributed by atoms with E-state index in [0.717, 1.165) is 13.0 Å². The van der Waals surface area contributed by atoms with Crippen molar-refractivity contribution in [3.05, 3.63) is 71.4 Å². The lowest BCUT2D eigenvalue weighted by molar-refractivity contribution is 0.662. The van der Waals surface area contributed by atoms with Gasteiger partial charge in [0.25, 0.3) is 0 Å². The van der Waals surface area contributed by atoms with Crippen molar-refractivity contribution in [2.75, 3.05) is 13.6 Å². The smallest absolute Gasteiger partial charge is 0.0456 e. The minimum atomic E-state index is 0.442. The molecule has 1 aromatic heterocycles. The lowest BCUT2D eigenvalue weighted by atomic mass is 9.88. The largest absolute Gasteiger partial charge is 0.361 e. The molecule has 2 N–H and O–H groups in total. The van der Waals surface area contributed by atoms with Gasteiger partial charge in [0.2, 0.25) is 0 Å². The number of H-pyrrole nitrogens is 1. The Morgan fingerprint density at radius 1 is 1.05 bits per heavy atom. The average Bonchev–Trinajstić information content (AvgIpc) is 2.90. The van der Waals surface area contributed by atoms with E-state index in [1.54, 1.807) is 0 Å². The van der Waals surface area contributed by atoms with Crippen molar-refractivity contribution >= 4 is 10.9 Å². The van der Waals surface area contributed by atoms with Gasteiger partial charge in [0.15, 0.2) is 0 Å². The Balaban J connectivity index is 2.02. The van der Waals surface area contributed by atoms with E-state index < -0.39 is 0 Å². The third-order valence-corrected chi connectivity index (χ3v) is 4.20. The van der Waals surface area contributed by atoms with Crippen molar-refractivity contribution in [2.24, 2.45) is 0 Å². The molecule has 1 heterocycles. The number of aromatic amines is 1. The summed E-state index contributed by atoms with van der Waals surface area (Å²) in [6.07, 6.45) is 3.19. The fraction of sp³-hybridized carbons (Fsp3) is 0.263. The van der Waals surface area contributed by atoms with E-state index in [1.807, 2.05) is 7.05 Å². The highest BCUT2D eigenvalue weighted by molar-refractivity contribution is 5.83. The molecular formula is C19H22N2. The SMILES string of the molecule is CNCCC(c1ccccc1)c1ccc2[nH]cc(C)c2c1. The van der Waals surface area contributed by atoms with Crippen LogP contribution >= 0.6 is 0 Å². The second-order valence-corrected chi connectivity index (χ2v) is 5.63. The predicted molar refractivity (Wildman–Crippen MR) is 89.9 cm³/mol. The van der Waals surface area contributed by atoms with Gasteiger partial charge >= 0.3 is 0 Å². The number of aromatic nitrogens is 1. The quantitative estimate of drug-likeness (QED) is 0.718. The summed E-state index contributed by atoms with van der Waals surface area (Å²) in [6.45, 7) is 3.18. The minimum Gasteiger partial charge on any atom is -0.361 e. The fourth-order valence-corrected chi connectivity index (χ4v) is 2.99. The van der Waals surface area contributed by atoms with Crippen molar-refractivity contribution in [1.29, 1.82) is 0 Å². The van der Waals surface area contributed by atoms with Crippen LogP contribution in [0.25, 0.3) is 10.9 Å². The van der Waals surface area contributed by atoms with Crippen molar-refractivity contribution in [3.63, 3.8) is 0 Å². The molecule has 2 aromatic carbocycles. The maximum absolute atomic E-state index is 3.32. The van der Waals surface area contributed by atoms with Gasteiger partial charge < -0.3 is 10.3 Å². The summed E-state index contributed by atoms with van der Waals surface area (Å²) < 4.78 is 0. The Morgan fingerprint density at radius 3 is 2.62 bits per heavy atom. The Bertz CT molecular complexity index is 713. The van der Waals surface area contributed by atoms with Crippen LogP contribution in [0.2, 0.25) is 0 Å². The number of fused-ring (bicyclic) bond motifs is 1. The predicted octanol–water partition coefficient (Wildman–Crippen LogP) is 4.22.